The van der Waals surface area contributed by atoms with E-state index in [1.165, 1.54) is 12.1 Å². The Morgan fingerprint density at radius 3 is 2.43 bits per heavy atom. The first-order valence-electron chi connectivity index (χ1n) is 8.76. The molecule has 0 saturated carbocycles. The number of aromatic nitrogens is 2. The van der Waals surface area contributed by atoms with Gasteiger partial charge in [-0.1, -0.05) is 30.7 Å². The summed E-state index contributed by atoms with van der Waals surface area (Å²) >= 11 is 5.87. The molecule has 0 fully saturated rings. The second-order valence-corrected chi connectivity index (χ2v) is 6.61. The highest BCUT2D eigenvalue weighted by atomic mass is 35.5. The van der Waals surface area contributed by atoms with Crippen LogP contribution in [0.3, 0.4) is 0 Å². The average Bonchev–Trinajstić information content (AvgIpc) is 2.72. The Balaban J connectivity index is 1.78. The van der Waals surface area contributed by atoms with Gasteiger partial charge in [0.1, 0.15) is 5.82 Å². The van der Waals surface area contributed by atoms with E-state index in [4.69, 9.17) is 11.6 Å². The van der Waals surface area contributed by atoms with E-state index in [1.54, 1.807) is 36.4 Å². The molecule has 28 heavy (non-hydrogen) atoms. The molecule has 8 heteroatoms. The summed E-state index contributed by atoms with van der Waals surface area (Å²) in [5.41, 5.74) is 2.27. The standard InChI is InChI=1S/C20H19ClN4O3/c1-2-16-11-19(22-12-18(26)13-3-7-15(21)8-4-13)24-20(23-16)14-5-9-17(10-6-14)25(27)28/h3-11,18,26H,2,12H2,1H3,(H,22,23,24)/t18-/m1/s1. The van der Waals surface area contributed by atoms with Crippen molar-refractivity contribution in [2.75, 3.05) is 11.9 Å². The predicted molar refractivity (Wildman–Crippen MR) is 108 cm³/mol. The molecular formula is C20H19ClN4O3. The predicted octanol–water partition coefficient (Wildman–Crippen LogP) is 4.41. The first-order chi connectivity index (χ1) is 13.5. The van der Waals surface area contributed by atoms with Gasteiger partial charge in [-0.15, -0.1) is 0 Å². The van der Waals surface area contributed by atoms with Crippen LogP contribution in [0.4, 0.5) is 11.5 Å². The summed E-state index contributed by atoms with van der Waals surface area (Å²) in [7, 11) is 0. The number of nitrogens with zero attached hydrogens (tertiary/aromatic N) is 3. The molecule has 2 N–H and O–H groups in total. The lowest BCUT2D eigenvalue weighted by molar-refractivity contribution is -0.384. The van der Waals surface area contributed by atoms with E-state index in [1.807, 2.05) is 13.0 Å². The van der Waals surface area contributed by atoms with Crippen LogP contribution in [-0.4, -0.2) is 26.5 Å². The van der Waals surface area contributed by atoms with Crippen molar-refractivity contribution in [3.63, 3.8) is 0 Å². The number of nitro groups is 1. The zero-order valence-electron chi connectivity index (χ0n) is 15.2. The largest absolute Gasteiger partial charge is 0.387 e. The maximum atomic E-state index is 10.8. The second kappa shape index (κ2) is 8.77. The Bertz CT molecular complexity index is 962. The molecule has 2 aromatic carbocycles. The van der Waals surface area contributed by atoms with E-state index < -0.39 is 11.0 Å². The smallest absolute Gasteiger partial charge is 0.269 e. The molecule has 0 bridgehead atoms. The number of aliphatic hydroxyl groups excluding tert-OH is 1. The van der Waals surface area contributed by atoms with Crippen molar-refractivity contribution in [2.24, 2.45) is 0 Å². The Morgan fingerprint density at radius 1 is 1.14 bits per heavy atom. The van der Waals surface area contributed by atoms with Gasteiger partial charge in [0.15, 0.2) is 5.82 Å². The summed E-state index contributed by atoms with van der Waals surface area (Å²) in [6.45, 7) is 2.25. The van der Waals surface area contributed by atoms with E-state index >= 15 is 0 Å². The summed E-state index contributed by atoms with van der Waals surface area (Å²) in [5.74, 6) is 1.05. The molecule has 0 spiro atoms. The van der Waals surface area contributed by atoms with E-state index in [-0.39, 0.29) is 12.2 Å². The Morgan fingerprint density at radius 2 is 1.82 bits per heavy atom. The third kappa shape index (κ3) is 4.82. The van der Waals surface area contributed by atoms with Crippen LogP contribution in [-0.2, 0) is 6.42 Å². The number of nitrogens with one attached hydrogen (secondary N) is 1. The number of benzene rings is 2. The number of anilines is 1. The van der Waals surface area contributed by atoms with Gasteiger partial charge in [0.25, 0.3) is 5.69 Å². The first-order valence-corrected chi connectivity index (χ1v) is 9.14. The topological polar surface area (TPSA) is 101 Å². The number of hydrogen-bond acceptors (Lipinski definition) is 6. The third-order valence-electron chi connectivity index (χ3n) is 4.21. The minimum absolute atomic E-state index is 0.0137. The fourth-order valence-electron chi connectivity index (χ4n) is 2.63. The molecule has 3 rings (SSSR count). The van der Waals surface area contributed by atoms with Gasteiger partial charge >= 0.3 is 0 Å². The molecule has 1 heterocycles. The van der Waals surface area contributed by atoms with Crippen LogP contribution in [0.1, 0.15) is 24.3 Å². The molecule has 1 aromatic heterocycles. The lowest BCUT2D eigenvalue weighted by Crippen LogP contribution is -2.13. The summed E-state index contributed by atoms with van der Waals surface area (Å²) in [5, 5.41) is 24.9. The summed E-state index contributed by atoms with van der Waals surface area (Å²) in [6, 6.07) is 14.9. The Kier molecular flexibility index (Phi) is 6.18. The van der Waals surface area contributed by atoms with Gasteiger partial charge in [-0.2, -0.15) is 0 Å². The fourth-order valence-corrected chi connectivity index (χ4v) is 2.76. The van der Waals surface area contributed by atoms with Gasteiger partial charge in [0, 0.05) is 41.0 Å². The van der Waals surface area contributed by atoms with E-state index in [2.05, 4.69) is 15.3 Å². The SMILES string of the molecule is CCc1cc(NC[C@@H](O)c2ccc(Cl)cc2)nc(-c2ccc([N+](=O)[O-])cc2)n1. The summed E-state index contributed by atoms with van der Waals surface area (Å²) in [6.07, 6.45) is -0.0168. The molecular weight excluding hydrogens is 380 g/mol. The highest BCUT2D eigenvalue weighted by molar-refractivity contribution is 6.30. The Labute approximate surface area is 167 Å². The molecule has 0 amide bonds. The van der Waals surface area contributed by atoms with Crippen LogP contribution in [0.15, 0.2) is 54.6 Å². The highest BCUT2D eigenvalue weighted by Gasteiger charge is 2.11. The maximum Gasteiger partial charge on any atom is 0.269 e. The molecule has 0 radical (unpaired) electrons. The maximum absolute atomic E-state index is 10.8. The van der Waals surface area contributed by atoms with Gasteiger partial charge in [-0.05, 0) is 36.2 Å². The van der Waals surface area contributed by atoms with Crippen molar-refractivity contribution in [3.8, 4) is 11.4 Å². The molecule has 1 atom stereocenters. The number of hydrogen-bond donors (Lipinski definition) is 2. The van der Waals surface area contributed by atoms with Crippen molar-refractivity contribution in [1.82, 2.24) is 9.97 Å². The van der Waals surface area contributed by atoms with Gasteiger partial charge in [-0.25, -0.2) is 9.97 Å². The zero-order chi connectivity index (χ0) is 20.1. The first kappa shape index (κ1) is 19.7. The highest BCUT2D eigenvalue weighted by Crippen LogP contribution is 2.22. The number of rotatable bonds is 7. The summed E-state index contributed by atoms with van der Waals surface area (Å²) in [4.78, 5) is 19.4. The number of halogens is 1. The molecule has 0 aliphatic carbocycles. The monoisotopic (exact) mass is 398 g/mol. The third-order valence-corrected chi connectivity index (χ3v) is 4.46. The van der Waals surface area contributed by atoms with Crippen molar-refractivity contribution in [3.05, 3.63) is 81.0 Å². The van der Waals surface area contributed by atoms with E-state index in [9.17, 15) is 15.2 Å². The second-order valence-electron chi connectivity index (χ2n) is 6.17. The van der Waals surface area contributed by atoms with Crippen molar-refractivity contribution < 1.29 is 10.0 Å². The normalized spacial score (nSPS) is 11.8. The van der Waals surface area contributed by atoms with Crippen molar-refractivity contribution in [2.45, 2.75) is 19.4 Å². The number of nitro benzene ring substituents is 1. The van der Waals surface area contributed by atoms with Gasteiger partial charge in [0.2, 0.25) is 0 Å². The molecule has 144 valence electrons. The minimum Gasteiger partial charge on any atom is -0.387 e. The molecule has 0 unspecified atom stereocenters. The van der Waals surface area contributed by atoms with E-state index in [0.717, 1.165) is 11.3 Å². The molecule has 0 aliphatic rings. The van der Waals surface area contributed by atoms with Crippen LogP contribution in [0.2, 0.25) is 5.02 Å². The van der Waals surface area contributed by atoms with Crippen LogP contribution < -0.4 is 5.32 Å². The minimum atomic E-state index is -0.722. The number of aryl methyl sites for hydroxylation is 1. The van der Waals surface area contributed by atoms with Gasteiger partial charge < -0.3 is 10.4 Å². The Hall–Kier alpha value is -3.03. The van der Waals surface area contributed by atoms with Gasteiger partial charge in [-0.3, -0.25) is 10.1 Å². The van der Waals surface area contributed by atoms with E-state index in [0.29, 0.717) is 28.6 Å². The van der Waals surface area contributed by atoms with Crippen LogP contribution in [0, 0.1) is 10.1 Å². The lowest BCUT2D eigenvalue weighted by Gasteiger charge is -2.14. The van der Waals surface area contributed by atoms with Crippen molar-refractivity contribution >= 4 is 23.1 Å². The van der Waals surface area contributed by atoms with Crippen LogP contribution in [0.5, 0.6) is 0 Å². The summed E-state index contributed by atoms with van der Waals surface area (Å²) < 4.78 is 0. The number of non-ortho nitro benzene ring substituents is 1. The molecule has 7 nitrogen and oxygen atoms in total. The molecule has 3 aromatic rings. The van der Waals surface area contributed by atoms with Crippen LogP contribution >= 0.6 is 11.6 Å². The molecule has 0 aliphatic heterocycles. The van der Waals surface area contributed by atoms with Crippen LogP contribution in [0.25, 0.3) is 11.4 Å². The number of aliphatic hydroxyl groups is 1. The average molecular weight is 399 g/mol. The quantitative estimate of drug-likeness (QED) is 0.451. The zero-order valence-corrected chi connectivity index (χ0v) is 15.9. The molecule has 0 saturated heterocycles. The van der Waals surface area contributed by atoms with Crippen molar-refractivity contribution in [1.29, 1.82) is 0 Å². The fraction of sp³-hybridized carbons (Fsp3) is 0.200. The lowest BCUT2D eigenvalue weighted by atomic mass is 10.1. The van der Waals surface area contributed by atoms with Gasteiger partial charge in [0.05, 0.1) is 11.0 Å².